The average molecular weight is 519 g/mol. The van der Waals surface area contributed by atoms with Gasteiger partial charge in [0, 0.05) is 10.6 Å². The van der Waals surface area contributed by atoms with Crippen molar-refractivity contribution in [2.45, 2.75) is 131 Å². The van der Waals surface area contributed by atoms with Gasteiger partial charge in [-0.05, 0) is 71.2 Å². The van der Waals surface area contributed by atoms with E-state index in [1.807, 2.05) is 26.8 Å². The molecule has 2 N–H and O–H groups in total. The van der Waals surface area contributed by atoms with Crippen LogP contribution in [0.3, 0.4) is 0 Å². The Morgan fingerprint density at radius 1 is 1.11 bits per heavy atom. The van der Waals surface area contributed by atoms with E-state index in [0.717, 1.165) is 36.4 Å². The highest BCUT2D eigenvalue weighted by molar-refractivity contribution is 7.14. The summed E-state index contributed by atoms with van der Waals surface area (Å²) in [6, 6.07) is 2.17. The summed E-state index contributed by atoms with van der Waals surface area (Å²) in [7, 11) is 0. The van der Waals surface area contributed by atoms with Crippen molar-refractivity contribution in [1.82, 2.24) is 10.6 Å². The first-order chi connectivity index (χ1) is 17.3. The fourth-order valence-electron chi connectivity index (χ4n) is 4.17. The Balaban J connectivity index is 0.000000588. The van der Waals surface area contributed by atoms with Crippen LogP contribution < -0.4 is 10.6 Å². The molecule has 1 saturated carbocycles. The summed E-state index contributed by atoms with van der Waals surface area (Å²) >= 11 is 1.70. The lowest BCUT2D eigenvalue weighted by atomic mass is 10.0. The van der Waals surface area contributed by atoms with Crippen LogP contribution in [-0.4, -0.2) is 30.2 Å². The molecule has 2 heterocycles. The van der Waals surface area contributed by atoms with Crippen molar-refractivity contribution >= 4 is 34.7 Å². The number of carbonyl (C=O) groups is 2. The molecule has 0 amide bonds. The van der Waals surface area contributed by atoms with E-state index in [1.165, 1.54) is 61.8 Å². The molecule has 2 unspecified atom stereocenters. The van der Waals surface area contributed by atoms with Crippen molar-refractivity contribution < 1.29 is 9.59 Å². The number of carbonyl (C=O) groups excluding carboxylic acids is 2. The number of thiophene rings is 1. The van der Waals surface area contributed by atoms with Gasteiger partial charge in [-0.25, -0.2) is 0 Å². The number of allylic oxidation sites excluding steroid dienone is 1. The Hall–Kier alpha value is -1.72. The van der Waals surface area contributed by atoms with Gasteiger partial charge in [0.05, 0.1) is 17.0 Å². The van der Waals surface area contributed by atoms with E-state index in [9.17, 15) is 9.59 Å². The minimum Gasteiger partial charge on any atom is -0.375 e. The van der Waals surface area contributed by atoms with Crippen molar-refractivity contribution in [3.63, 3.8) is 0 Å². The Labute approximate surface area is 226 Å². The molecule has 0 aromatic carbocycles. The molecule has 1 aromatic heterocycles. The second kappa shape index (κ2) is 21.4. The summed E-state index contributed by atoms with van der Waals surface area (Å²) in [4.78, 5) is 24.7. The highest BCUT2D eigenvalue weighted by Gasteiger charge is 2.16. The second-order valence-corrected chi connectivity index (χ2v) is 10.6. The van der Waals surface area contributed by atoms with Gasteiger partial charge >= 0.3 is 0 Å². The molecule has 2 atom stereocenters. The van der Waals surface area contributed by atoms with E-state index in [4.69, 9.17) is 0 Å². The predicted octanol–water partition coefficient (Wildman–Crippen LogP) is 8.49. The third-order valence-corrected chi connectivity index (χ3v) is 7.55. The molecule has 206 valence electrons. The molecule has 4 nitrogen and oxygen atoms in total. The number of hydrogen-bond acceptors (Lipinski definition) is 5. The van der Waals surface area contributed by atoms with E-state index >= 15 is 0 Å². The topological polar surface area (TPSA) is 58.2 Å². The lowest BCUT2D eigenvalue weighted by molar-refractivity contribution is -0.120. The van der Waals surface area contributed by atoms with E-state index < -0.39 is 0 Å². The first kappa shape index (κ1) is 34.3. The minimum atomic E-state index is -0.120. The summed E-state index contributed by atoms with van der Waals surface area (Å²) in [5, 5.41) is 6.43. The Morgan fingerprint density at radius 3 is 2.08 bits per heavy atom. The maximum atomic E-state index is 11.6. The lowest BCUT2D eigenvalue weighted by Gasteiger charge is -2.20. The van der Waals surface area contributed by atoms with E-state index in [0.29, 0.717) is 0 Å². The molecule has 0 spiro atoms. The molecule has 0 radical (unpaired) electrons. The maximum absolute atomic E-state index is 11.6. The third-order valence-electron chi connectivity index (χ3n) is 6.29. The van der Waals surface area contributed by atoms with E-state index in [-0.39, 0.29) is 23.7 Å². The number of ketones is 2. The van der Waals surface area contributed by atoms with Crippen LogP contribution in [0.4, 0.5) is 0 Å². The predicted molar refractivity (Wildman–Crippen MR) is 161 cm³/mol. The monoisotopic (exact) mass is 518 g/mol. The first-order valence-electron chi connectivity index (χ1n) is 14.2. The molecular weight excluding hydrogens is 464 g/mol. The number of Topliss-reactive ketones (excluding diaryl/α,β-unsaturated/α-hetero) is 2. The van der Waals surface area contributed by atoms with Gasteiger partial charge in [0.1, 0.15) is 5.78 Å². The number of aryl methyl sites for hydroxylation is 1. The van der Waals surface area contributed by atoms with Gasteiger partial charge in [0.25, 0.3) is 0 Å². The van der Waals surface area contributed by atoms with Crippen molar-refractivity contribution in [3.05, 3.63) is 34.0 Å². The maximum Gasteiger partial charge on any atom is 0.151 e. The zero-order chi connectivity index (χ0) is 27.3. The molecule has 1 saturated heterocycles. The van der Waals surface area contributed by atoms with Crippen LogP contribution in [0.15, 0.2) is 18.7 Å². The summed E-state index contributed by atoms with van der Waals surface area (Å²) < 4.78 is 0. The summed E-state index contributed by atoms with van der Waals surface area (Å²) in [6.07, 6.45) is 18.4. The normalized spacial score (nSPS) is 17.8. The van der Waals surface area contributed by atoms with Gasteiger partial charge in [0.15, 0.2) is 5.78 Å². The highest BCUT2D eigenvalue weighted by Crippen LogP contribution is 2.27. The molecule has 1 aliphatic heterocycles. The molecule has 2 aliphatic rings. The molecule has 5 heteroatoms. The van der Waals surface area contributed by atoms with E-state index in [1.54, 1.807) is 25.2 Å². The molecule has 0 bridgehead atoms. The third kappa shape index (κ3) is 14.7. The molecule has 2 fully saturated rings. The molecule has 3 rings (SSSR count). The van der Waals surface area contributed by atoms with Crippen LogP contribution in [0.1, 0.15) is 127 Å². The van der Waals surface area contributed by atoms with Crippen molar-refractivity contribution in [1.29, 1.82) is 0 Å². The van der Waals surface area contributed by atoms with Gasteiger partial charge in [-0.1, -0.05) is 84.8 Å². The second-order valence-electron chi connectivity index (χ2n) is 9.47. The number of piperidine rings is 1. The summed E-state index contributed by atoms with van der Waals surface area (Å²) in [5.74, 6) is 0.458. The van der Waals surface area contributed by atoms with Gasteiger partial charge < -0.3 is 10.6 Å². The SMILES string of the molecule is C1CCCCC1.C=C(NC(CCC)C(C)=O)c1cc(C)c(/C=C\C)s1.CC.CC(=O)C1CCCCN1. The number of nitrogens with one attached hydrogen (secondary N) is 2. The average Bonchev–Trinajstić information content (AvgIpc) is 3.27. The van der Waals surface area contributed by atoms with E-state index in [2.05, 4.69) is 43.2 Å². The molecule has 36 heavy (non-hydrogen) atoms. The lowest BCUT2D eigenvalue weighted by Crippen LogP contribution is -2.38. The van der Waals surface area contributed by atoms with Crippen LogP contribution in [0.25, 0.3) is 11.8 Å². The summed E-state index contributed by atoms with van der Waals surface area (Å²) in [6.45, 7) is 18.6. The fraction of sp³-hybridized carbons (Fsp3) is 0.677. The van der Waals surface area contributed by atoms with Gasteiger partial charge in [-0.2, -0.15) is 0 Å². The smallest absolute Gasteiger partial charge is 0.151 e. The highest BCUT2D eigenvalue weighted by atomic mass is 32.1. The largest absolute Gasteiger partial charge is 0.375 e. The van der Waals surface area contributed by atoms with Crippen LogP contribution in [-0.2, 0) is 9.59 Å². The fourth-order valence-corrected chi connectivity index (χ4v) is 5.25. The minimum absolute atomic E-state index is 0.120. The first-order valence-corrected chi connectivity index (χ1v) is 15.0. The van der Waals surface area contributed by atoms with Gasteiger partial charge in [-0.15, -0.1) is 11.3 Å². The summed E-state index contributed by atoms with van der Waals surface area (Å²) in [5.41, 5.74) is 2.09. The van der Waals surface area contributed by atoms with Gasteiger partial charge in [-0.3, -0.25) is 9.59 Å². The van der Waals surface area contributed by atoms with Crippen LogP contribution in [0.2, 0.25) is 0 Å². The molecule has 1 aliphatic carbocycles. The standard InChI is InChI=1S/C16H23NOS.C7H13NO.C6H12.C2H6/c1-6-8-14(13(5)18)17-12(4)16-10-11(3)15(19-16)9-7-2;1-6(9)7-4-2-3-5-8-7;1-2-4-6-5-3-1;1-2/h7,9-10,14,17H,4,6,8H2,1-3,5H3;7-8H,2-5H2,1H3;1-6H2;1-2H3/b9-7-;;;. The quantitative estimate of drug-likeness (QED) is 0.362. The van der Waals surface area contributed by atoms with Gasteiger partial charge in [0.2, 0.25) is 0 Å². The van der Waals surface area contributed by atoms with Crippen LogP contribution in [0, 0.1) is 6.92 Å². The van der Waals surface area contributed by atoms with Crippen LogP contribution >= 0.6 is 11.3 Å². The van der Waals surface area contributed by atoms with Crippen molar-refractivity contribution in [3.8, 4) is 0 Å². The zero-order valence-corrected chi connectivity index (χ0v) is 25.1. The Bertz CT molecular complexity index is 760. The van der Waals surface area contributed by atoms with Crippen molar-refractivity contribution in [2.24, 2.45) is 0 Å². The zero-order valence-electron chi connectivity index (χ0n) is 24.3. The molecular formula is C31H54N2O2S. The van der Waals surface area contributed by atoms with Crippen molar-refractivity contribution in [2.75, 3.05) is 6.54 Å². The Kier molecular flexibility index (Phi) is 20.4. The molecule has 1 aromatic rings. The number of rotatable bonds is 8. The van der Waals surface area contributed by atoms with Crippen LogP contribution in [0.5, 0.6) is 0 Å². The number of hydrogen-bond donors (Lipinski definition) is 2. The Morgan fingerprint density at radius 2 is 1.69 bits per heavy atom.